The molecule has 5 heteroatoms. The van der Waals surface area contributed by atoms with Crippen LogP contribution in [0.2, 0.25) is 0 Å². The number of halogens is 1. The van der Waals surface area contributed by atoms with Crippen LogP contribution in [0.1, 0.15) is 21.5 Å². The molecular formula is C16H15FO4. The Morgan fingerprint density at radius 3 is 2.57 bits per heavy atom. The molecule has 0 spiro atoms. The number of methoxy groups -OCH3 is 1. The Hall–Kier alpha value is -2.56. The first kappa shape index (κ1) is 14.8. The number of rotatable bonds is 5. The molecule has 0 fully saturated rings. The van der Waals surface area contributed by atoms with Gasteiger partial charge in [0.25, 0.3) is 0 Å². The van der Waals surface area contributed by atoms with E-state index >= 15 is 0 Å². The maximum atomic E-state index is 13.0. The van der Waals surface area contributed by atoms with E-state index in [1.807, 2.05) is 0 Å². The third kappa shape index (κ3) is 3.51. The van der Waals surface area contributed by atoms with Gasteiger partial charge in [0, 0.05) is 0 Å². The second-order valence-corrected chi connectivity index (χ2v) is 4.53. The Morgan fingerprint density at radius 2 is 1.95 bits per heavy atom. The molecule has 0 aliphatic carbocycles. The summed E-state index contributed by atoms with van der Waals surface area (Å²) < 4.78 is 23.8. The molecule has 0 bridgehead atoms. The zero-order valence-corrected chi connectivity index (χ0v) is 11.7. The normalized spacial score (nSPS) is 10.2. The lowest BCUT2D eigenvalue weighted by molar-refractivity contribution is 0.0696. The minimum Gasteiger partial charge on any atom is -0.493 e. The topological polar surface area (TPSA) is 55.8 Å². The molecule has 0 radical (unpaired) electrons. The van der Waals surface area contributed by atoms with Gasteiger partial charge in [0.2, 0.25) is 0 Å². The van der Waals surface area contributed by atoms with Crippen LogP contribution >= 0.6 is 0 Å². The molecule has 2 aromatic rings. The fourth-order valence-corrected chi connectivity index (χ4v) is 1.90. The van der Waals surface area contributed by atoms with Crippen molar-refractivity contribution in [1.29, 1.82) is 0 Å². The number of carbonyl (C=O) groups is 1. The second kappa shape index (κ2) is 6.26. The van der Waals surface area contributed by atoms with Crippen molar-refractivity contribution >= 4 is 5.97 Å². The number of benzene rings is 2. The van der Waals surface area contributed by atoms with Crippen molar-refractivity contribution in [3.63, 3.8) is 0 Å². The van der Waals surface area contributed by atoms with Crippen molar-refractivity contribution in [2.75, 3.05) is 7.11 Å². The summed E-state index contributed by atoms with van der Waals surface area (Å²) in [5.41, 5.74) is 1.70. The molecule has 0 aromatic heterocycles. The first-order valence-corrected chi connectivity index (χ1v) is 6.30. The van der Waals surface area contributed by atoms with E-state index in [1.165, 1.54) is 37.4 Å². The molecule has 0 unspecified atom stereocenters. The Morgan fingerprint density at radius 1 is 1.19 bits per heavy atom. The van der Waals surface area contributed by atoms with Crippen molar-refractivity contribution in [3.05, 3.63) is 58.9 Å². The first-order valence-electron chi connectivity index (χ1n) is 6.30. The number of hydrogen-bond acceptors (Lipinski definition) is 3. The zero-order valence-electron chi connectivity index (χ0n) is 11.7. The number of hydrogen-bond donors (Lipinski definition) is 1. The Balaban J connectivity index is 2.22. The van der Waals surface area contributed by atoms with E-state index < -0.39 is 5.97 Å². The molecule has 0 heterocycles. The van der Waals surface area contributed by atoms with E-state index in [0.717, 1.165) is 11.1 Å². The summed E-state index contributed by atoms with van der Waals surface area (Å²) in [7, 11) is 1.48. The maximum Gasteiger partial charge on any atom is 0.335 e. The molecule has 21 heavy (non-hydrogen) atoms. The Bertz CT molecular complexity index is 667. The highest BCUT2D eigenvalue weighted by molar-refractivity contribution is 5.88. The maximum absolute atomic E-state index is 13.0. The lowest BCUT2D eigenvalue weighted by atomic mass is 10.1. The van der Waals surface area contributed by atoms with Gasteiger partial charge >= 0.3 is 5.97 Å². The number of aryl methyl sites for hydroxylation is 1. The van der Waals surface area contributed by atoms with Crippen LogP contribution in [0.3, 0.4) is 0 Å². The molecule has 0 saturated heterocycles. The van der Waals surface area contributed by atoms with Gasteiger partial charge in [0.05, 0.1) is 12.7 Å². The first-order chi connectivity index (χ1) is 10.0. The quantitative estimate of drug-likeness (QED) is 0.916. The van der Waals surface area contributed by atoms with Crippen LogP contribution in [0.15, 0.2) is 36.4 Å². The van der Waals surface area contributed by atoms with E-state index in [4.69, 9.17) is 14.6 Å². The molecule has 0 atom stereocenters. The van der Waals surface area contributed by atoms with Crippen LogP contribution in [0, 0.1) is 12.7 Å². The molecule has 0 amide bonds. The van der Waals surface area contributed by atoms with Crippen LogP contribution in [0.5, 0.6) is 11.5 Å². The van der Waals surface area contributed by atoms with Gasteiger partial charge in [-0.25, -0.2) is 9.18 Å². The van der Waals surface area contributed by atoms with Gasteiger partial charge in [-0.15, -0.1) is 0 Å². The second-order valence-electron chi connectivity index (χ2n) is 4.53. The lowest BCUT2D eigenvalue weighted by Crippen LogP contribution is -2.02. The van der Waals surface area contributed by atoms with Crippen LogP contribution in [0.4, 0.5) is 4.39 Å². The van der Waals surface area contributed by atoms with E-state index in [0.29, 0.717) is 11.5 Å². The highest BCUT2D eigenvalue weighted by atomic mass is 19.1. The van der Waals surface area contributed by atoms with Crippen molar-refractivity contribution in [3.8, 4) is 11.5 Å². The Labute approximate surface area is 121 Å². The molecule has 110 valence electrons. The van der Waals surface area contributed by atoms with Gasteiger partial charge in [-0.05, 0) is 48.4 Å². The summed E-state index contributed by atoms with van der Waals surface area (Å²) in [5, 5.41) is 8.99. The van der Waals surface area contributed by atoms with Gasteiger partial charge in [-0.1, -0.05) is 6.07 Å². The molecule has 0 saturated carbocycles. The molecule has 2 aromatic carbocycles. The number of carboxylic acids is 1. The van der Waals surface area contributed by atoms with Crippen molar-refractivity contribution in [2.45, 2.75) is 13.5 Å². The SMILES string of the molecule is COc1ccc(C(=O)O)cc1OCc1ccc(F)cc1C. The number of ether oxygens (including phenoxy) is 2. The van der Waals surface area contributed by atoms with Crippen LogP contribution in [-0.2, 0) is 6.61 Å². The molecular weight excluding hydrogens is 275 g/mol. The monoisotopic (exact) mass is 290 g/mol. The van der Waals surface area contributed by atoms with E-state index in [-0.39, 0.29) is 18.0 Å². The minimum atomic E-state index is -1.04. The van der Waals surface area contributed by atoms with Gasteiger partial charge in [-0.2, -0.15) is 0 Å². The lowest BCUT2D eigenvalue weighted by Gasteiger charge is -2.12. The van der Waals surface area contributed by atoms with Gasteiger partial charge in [0.1, 0.15) is 12.4 Å². The molecule has 2 rings (SSSR count). The van der Waals surface area contributed by atoms with E-state index in [1.54, 1.807) is 13.0 Å². The zero-order chi connectivity index (χ0) is 15.4. The van der Waals surface area contributed by atoms with Crippen molar-refractivity contribution in [1.82, 2.24) is 0 Å². The van der Waals surface area contributed by atoms with Crippen molar-refractivity contribution < 1.29 is 23.8 Å². The van der Waals surface area contributed by atoms with Gasteiger partial charge in [0.15, 0.2) is 11.5 Å². The van der Waals surface area contributed by atoms with Gasteiger partial charge < -0.3 is 14.6 Å². The predicted molar refractivity (Wildman–Crippen MR) is 75.4 cm³/mol. The van der Waals surface area contributed by atoms with Crippen LogP contribution in [-0.4, -0.2) is 18.2 Å². The Kier molecular flexibility index (Phi) is 4.42. The fraction of sp³-hybridized carbons (Fsp3) is 0.188. The van der Waals surface area contributed by atoms with Crippen molar-refractivity contribution in [2.24, 2.45) is 0 Å². The summed E-state index contributed by atoms with van der Waals surface area (Å²) in [5.74, 6) is -0.567. The largest absolute Gasteiger partial charge is 0.493 e. The van der Waals surface area contributed by atoms with Crippen LogP contribution < -0.4 is 9.47 Å². The average Bonchev–Trinajstić information content (AvgIpc) is 2.46. The van der Waals surface area contributed by atoms with E-state index in [2.05, 4.69) is 0 Å². The molecule has 1 N–H and O–H groups in total. The summed E-state index contributed by atoms with van der Waals surface area (Å²) in [6.07, 6.45) is 0. The average molecular weight is 290 g/mol. The van der Waals surface area contributed by atoms with E-state index in [9.17, 15) is 9.18 Å². The minimum absolute atomic E-state index is 0.113. The third-order valence-corrected chi connectivity index (χ3v) is 3.10. The molecule has 0 aliphatic rings. The predicted octanol–water partition coefficient (Wildman–Crippen LogP) is 3.42. The smallest absolute Gasteiger partial charge is 0.335 e. The highest BCUT2D eigenvalue weighted by Gasteiger charge is 2.11. The van der Waals surface area contributed by atoms with Gasteiger partial charge in [-0.3, -0.25) is 0 Å². The summed E-state index contributed by atoms with van der Waals surface area (Å²) in [6, 6.07) is 8.80. The summed E-state index contributed by atoms with van der Waals surface area (Å²) in [4.78, 5) is 11.0. The summed E-state index contributed by atoms with van der Waals surface area (Å²) in [6.45, 7) is 1.98. The number of aromatic carboxylic acids is 1. The number of carboxylic acid groups (broad SMARTS) is 1. The standard InChI is InChI=1S/C16H15FO4/c1-10-7-13(17)5-3-12(10)9-21-15-8-11(16(18)19)4-6-14(15)20-2/h3-8H,9H2,1-2H3,(H,18,19). The molecule has 4 nitrogen and oxygen atoms in total. The molecule has 0 aliphatic heterocycles. The highest BCUT2D eigenvalue weighted by Crippen LogP contribution is 2.29. The third-order valence-electron chi connectivity index (χ3n) is 3.10. The fourth-order valence-electron chi connectivity index (χ4n) is 1.90. The summed E-state index contributed by atoms with van der Waals surface area (Å²) >= 11 is 0. The van der Waals surface area contributed by atoms with Crippen LogP contribution in [0.25, 0.3) is 0 Å².